The Morgan fingerprint density at radius 1 is 1.23 bits per heavy atom. The van der Waals surface area contributed by atoms with Crippen LogP contribution in [0.4, 0.5) is 0 Å². The average Bonchev–Trinajstić information content (AvgIpc) is 3.26. The third-order valence-corrected chi connectivity index (χ3v) is 6.06. The van der Waals surface area contributed by atoms with Crippen molar-refractivity contribution in [1.29, 1.82) is 0 Å². The highest BCUT2D eigenvalue weighted by Crippen LogP contribution is 2.24. The van der Waals surface area contributed by atoms with E-state index in [-0.39, 0.29) is 5.91 Å². The molecular formula is C22H23N5O3S. The largest absolute Gasteiger partial charge is 0.449 e. The van der Waals surface area contributed by atoms with Crippen LogP contribution in [0.3, 0.4) is 0 Å². The molecule has 0 aliphatic heterocycles. The number of para-hydroxylation sites is 1. The lowest BCUT2D eigenvalue weighted by molar-refractivity contribution is -0.139. The molecule has 160 valence electrons. The Kier molecular flexibility index (Phi) is 5.45. The van der Waals surface area contributed by atoms with Crippen molar-refractivity contribution in [3.63, 3.8) is 0 Å². The van der Waals surface area contributed by atoms with Crippen molar-refractivity contribution in [2.75, 3.05) is 7.05 Å². The lowest BCUT2D eigenvalue weighted by Gasteiger charge is -2.20. The monoisotopic (exact) mass is 437 g/mol. The van der Waals surface area contributed by atoms with Gasteiger partial charge in [0.2, 0.25) is 0 Å². The molecule has 1 atom stereocenters. The van der Waals surface area contributed by atoms with Crippen LogP contribution in [0.15, 0.2) is 30.3 Å². The molecule has 0 N–H and O–H groups in total. The zero-order chi connectivity index (χ0) is 22.3. The van der Waals surface area contributed by atoms with Gasteiger partial charge in [-0.25, -0.2) is 14.8 Å². The molecule has 0 bridgehead atoms. The second-order valence-corrected chi connectivity index (χ2v) is 8.65. The van der Waals surface area contributed by atoms with E-state index in [1.54, 1.807) is 50.0 Å². The highest BCUT2D eigenvalue weighted by atomic mass is 32.1. The third-order valence-electron chi connectivity index (χ3n) is 5.04. The fourth-order valence-electron chi connectivity index (χ4n) is 3.58. The van der Waals surface area contributed by atoms with Gasteiger partial charge in [-0.3, -0.25) is 9.48 Å². The molecule has 1 amide bonds. The number of likely N-dealkylation sites (N-methyl/N-ethyl adjacent to an activating group) is 1. The van der Waals surface area contributed by atoms with Crippen LogP contribution in [0, 0.1) is 13.8 Å². The van der Waals surface area contributed by atoms with Gasteiger partial charge < -0.3 is 9.64 Å². The predicted octanol–water partition coefficient (Wildman–Crippen LogP) is 3.40. The Morgan fingerprint density at radius 2 is 1.97 bits per heavy atom. The first-order chi connectivity index (χ1) is 14.7. The summed E-state index contributed by atoms with van der Waals surface area (Å²) < 4.78 is 8.24. The van der Waals surface area contributed by atoms with E-state index in [0.29, 0.717) is 34.5 Å². The number of hydrogen-bond acceptors (Lipinski definition) is 7. The Morgan fingerprint density at radius 3 is 2.71 bits per heavy atom. The molecule has 31 heavy (non-hydrogen) atoms. The van der Waals surface area contributed by atoms with Gasteiger partial charge >= 0.3 is 5.97 Å². The van der Waals surface area contributed by atoms with E-state index in [2.05, 4.69) is 15.1 Å². The molecule has 4 rings (SSSR count). The molecule has 1 aromatic carbocycles. The van der Waals surface area contributed by atoms with Gasteiger partial charge in [0, 0.05) is 19.8 Å². The third kappa shape index (κ3) is 4.00. The number of ether oxygens (including phenoxy) is 1. The number of pyridine rings is 1. The molecule has 0 radical (unpaired) electrons. The first kappa shape index (κ1) is 20.9. The fourth-order valence-corrected chi connectivity index (χ4v) is 4.61. The summed E-state index contributed by atoms with van der Waals surface area (Å²) in [6.45, 7) is 5.55. The number of carbonyl (C=O) groups excluding carboxylic acids is 2. The minimum atomic E-state index is -0.938. The number of rotatable bonds is 5. The number of nitrogens with zero attached hydrogens (tertiary/aromatic N) is 5. The van der Waals surface area contributed by atoms with Crippen molar-refractivity contribution in [1.82, 2.24) is 24.6 Å². The Hall–Kier alpha value is -3.33. The number of amides is 1. The van der Waals surface area contributed by atoms with Crippen molar-refractivity contribution in [3.8, 4) is 0 Å². The van der Waals surface area contributed by atoms with E-state index in [1.807, 2.05) is 31.2 Å². The summed E-state index contributed by atoms with van der Waals surface area (Å²) in [5, 5.41) is 5.81. The van der Waals surface area contributed by atoms with Gasteiger partial charge in [0.15, 0.2) is 11.8 Å². The van der Waals surface area contributed by atoms with Crippen LogP contribution >= 0.6 is 11.3 Å². The van der Waals surface area contributed by atoms with Crippen LogP contribution in [0.1, 0.15) is 33.7 Å². The highest BCUT2D eigenvalue weighted by molar-refractivity contribution is 7.18. The Labute approximate surface area is 183 Å². The Bertz CT molecular complexity index is 1280. The summed E-state index contributed by atoms with van der Waals surface area (Å²) in [6.07, 6.45) is -0.938. The highest BCUT2D eigenvalue weighted by Gasteiger charge is 2.25. The van der Waals surface area contributed by atoms with E-state index >= 15 is 0 Å². The lowest BCUT2D eigenvalue weighted by Crippen LogP contribution is -2.37. The van der Waals surface area contributed by atoms with Crippen LogP contribution in [-0.4, -0.2) is 49.7 Å². The van der Waals surface area contributed by atoms with Crippen LogP contribution in [0.2, 0.25) is 0 Å². The molecule has 3 aromatic heterocycles. The van der Waals surface area contributed by atoms with Gasteiger partial charge in [-0.05, 0) is 39.0 Å². The van der Waals surface area contributed by atoms with Crippen LogP contribution in [0.5, 0.6) is 0 Å². The van der Waals surface area contributed by atoms with E-state index in [4.69, 9.17) is 4.74 Å². The minimum absolute atomic E-state index is 0.294. The SMILES string of the molecule is Cc1cc(C(=O)OC(C)C(=O)N(C)Cc2nc3ccccc3s2)c2c(C)nn(C)c2n1. The van der Waals surface area contributed by atoms with Crippen molar-refractivity contribution in [2.24, 2.45) is 7.05 Å². The minimum Gasteiger partial charge on any atom is -0.449 e. The topological polar surface area (TPSA) is 90.2 Å². The summed E-state index contributed by atoms with van der Waals surface area (Å²) in [6, 6.07) is 9.51. The number of fused-ring (bicyclic) bond motifs is 2. The van der Waals surface area contributed by atoms with Crippen LogP contribution < -0.4 is 0 Å². The number of aryl methyl sites for hydroxylation is 3. The molecule has 0 saturated carbocycles. The summed E-state index contributed by atoms with van der Waals surface area (Å²) in [7, 11) is 3.46. The second-order valence-electron chi connectivity index (χ2n) is 7.54. The number of esters is 1. The summed E-state index contributed by atoms with van der Waals surface area (Å²) >= 11 is 1.54. The van der Waals surface area contributed by atoms with Crippen molar-refractivity contribution < 1.29 is 14.3 Å². The molecule has 1 unspecified atom stereocenters. The predicted molar refractivity (Wildman–Crippen MR) is 119 cm³/mol. The van der Waals surface area contributed by atoms with Gasteiger partial charge in [-0.1, -0.05) is 12.1 Å². The van der Waals surface area contributed by atoms with Crippen LogP contribution in [0.25, 0.3) is 21.3 Å². The molecule has 0 aliphatic carbocycles. The number of hydrogen-bond donors (Lipinski definition) is 0. The molecule has 8 nitrogen and oxygen atoms in total. The normalized spacial score (nSPS) is 12.3. The number of thiazole rings is 1. The van der Waals surface area contributed by atoms with E-state index in [0.717, 1.165) is 15.2 Å². The van der Waals surface area contributed by atoms with E-state index in [9.17, 15) is 9.59 Å². The summed E-state index contributed by atoms with van der Waals surface area (Å²) in [4.78, 5) is 36.3. The van der Waals surface area contributed by atoms with Gasteiger partial charge in [0.05, 0.1) is 33.4 Å². The van der Waals surface area contributed by atoms with Gasteiger partial charge in [-0.2, -0.15) is 5.10 Å². The van der Waals surface area contributed by atoms with E-state index in [1.165, 1.54) is 4.90 Å². The quantitative estimate of drug-likeness (QED) is 0.445. The maximum Gasteiger partial charge on any atom is 0.339 e. The molecule has 9 heteroatoms. The molecule has 3 heterocycles. The molecule has 0 spiro atoms. The van der Waals surface area contributed by atoms with E-state index < -0.39 is 12.1 Å². The van der Waals surface area contributed by atoms with Crippen molar-refractivity contribution >= 4 is 44.5 Å². The summed E-state index contributed by atoms with van der Waals surface area (Å²) in [5.41, 5.74) is 3.24. The zero-order valence-corrected chi connectivity index (χ0v) is 18.9. The van der Waals surface area contributed by atoms with Gasteiger partial charge in [0.25, 0.3) is 5.91 Å². The fraction of sp³-hybridized carbons (Fsp3) is 0.318. The maximum atomic E-state index is 12.9. The average molecular weight is 438 g/mol. The zero-order valence-electron chi connectivity index (χ0n) is 18.0. The number of carbonyl (C=O) groups is 2. The van der Waals surface area contributed by atoms with Crippen molar-refractivity contribution in [3.05, 3.63) is 52.3 Å². The lowest BCUT2D eigenvalue weighted by atomic mass is 10.1. The molecule has 0 fully saturated rings. The first-order valence-electron chi connectivity index (χ1n) is 9.86. The Balaban J connectivity index is 1.49. The van der Waals surface area contributed by atoms with Crippen LogP contribution in [-0.2, 0) is 23.1 Å². The second kappa shape index (κ2) is 8.07. The first-order valence-corrected chi connectivity index (χ1v) is 10.7. The maximum absolute atomic E-state index is 12.9. The molecule has 4 aromatic rings. The van der Waals surface area contributed by atoms with Gasteiger partial charge in [-0.15, -0.1) is 11.3 Å². The summed E-state index contributed by atoms with van der Waals surface area (Å²) in [5.74, 6) is -0.863. The standard InChI is InChI=1S/C22H23N5O3S/c1-12-10-15(19-13(2)25-27(5)20(19)23-12)22(29)30-14(3)21(28)26(4)11-18-24-16-8-6-7-9-17(16)31-18/h6-10,14H,11H2,1-5H3. The molecular weight excluding hydrogens is 414 g/mol. The number of aromatic nitrogens is 4. The van der Waals surface area contributed by atoms with Crippen molar-refractivity contribution in [2.45, 2.75) is 33.4 Å². The molecule has 0 aliphatic rings. The van der Waals surface area contributed by atoms with Gasteiger partial charge in [0.1, 0.15) is 5.01 Å². The smallest absolute Gasteiger partial charge is 0.339 e. The number of benzene rings is 1. The molecule has 0 saturated heterocycles.